The first-order valence-corrected chi connectivity index (χ1v) is 8.87. The minimum Gasteiger partial charge on any atom is -0.497 e. The lowest BCUT2D eigenvalue weighted by atomic mass is 9.48. The lowest BCUT2D eigenvalue weighted by molar-refractivity contribution is -0.360. The van der Waals surface area contributed by atoms with Gasteiger partial charge in [0.1, 0.15) is 11.9 Å². The van der Waals surface area contributed by atoms with Crippen molar-refractivity contribution in [2.24, 2.45) is 16.7 Å². The van der Waals surface area contributed by atoms with Gasteiger partial charge in [0.25, 0.3) is 0 Å². The summed E-state index contributed by atoms with van der Waals surface area (Å²) < 4.78 is 17.4. The summed E-state index contributed by atoms with van der Waals surface area (Å²) in [5.74, 6) is -1.50. The van der Waals surface area contributed by atoms with Crippen molar-refractivity contribution in [1.29, 1.82) is 21.2 Å². The molecule has 1 N–H and O–H groups in total. The van der Waals surface area contributed by atoms with Gasteiger partial charge in [0.05, 0.1) is 31.2 Å². The number of hydrogen-bond acceptors (Lipinski definition) is 7. The van der Waals surface area contributed by atoms with Crippen molar-refractivity contribution in [3.05, 3.63) is 29.8 Å². The largest absolute Gasteiger partial charge is 0.497 e. The van der Waals surface area contributed by atoms with Gasteiger partial charge in [-0.25, -0.2) is 0 Å². The van der Waals surface area contributed by atoms with E-state index in [0.717, 1.165) is 12.8 Å². The Morgan fingerprint density at radius 3 is 2.41 bits per heavy atom. The highest BCUT2D eigenvalue weighted by molar-refractivity contribution is 5.89. The molecule has 1 aromatic carbocycles. The fourth-order valence-corrected chi connectivity index (χ4v) is 4.92. The second-order valence-electron chi connectivity index (χ2n) is 7.26. The molecule has 4 aliphatic rings. The van der Waals surface area contributed by atoms with Crippen LogP contribution in [0.1, 0.15) is 37.4 Å². The predicted molar refractivity (Wildman–Crippen MR) is 92.0 cm³/mol. The maximum atomic E-state index is 10.2. The Morgan fingerprint density at radius 1 is 1.11 bits per heavy atom. The minimum absolute atomic E-state index is 0.349. The van der Waals surface area contributed by atoms with Crippen molar-refractivity contribution in [2.45, 2.75) is 37.6 Å². The Kier molecular flexibility index (Phi) is 3.67. The van der Waals surface area contributed by atoms with Gasteiger partial charge >= 0.3 is 0 Å². The molecular formula is C20H18N4O3. The molecular weight excluding hydrogens is 344 g/mol. The number of benzene rings is 1. The average molecular weight is 362 g/mol. The highest BCUT2D eigenvalue weighted by atomic mass is 16.7. The van der Waals surface area contributed by atoms with Crippen molar-refractivity contribution < 1.29 is 14.2 Å². The Hall–Kier alpha value is -3.08. The first-order chi connectivity index (χ1) is 13.0. The molecule has 1 saturated carbocycles. The van der Waals surface area contributed by atoms with E-state index in [1.807, 2.05) is 0 Å². The summed E-state index contributed by atoms with van der Waals surface area (Å²) in [7, 11) is 1.55. The number of rotatable bonds is 2. The number of hydrogen-bond donors (Lipinski definition) is 1. The Balaban J connectivity index is 1.96. The fraction of sp³-hybridized carbons (Fsp3) is 0.500. The van der Waals surface area contributed by atoms with Gasteiger partial charge in [-0.1, -0.05) is 18.6 Å². The second kappa shape index (κ2) is 5.71. The van der Waals surface area contributed by atoms with Crippen molar-refractivity contribution >= 4 is 5.90 Å². The number of ether oxygens (including phenoxy) is 3. The normalized spacial score (nSPS) is 35.7. The van der Waals surface area contributed by atoms with E-state index in [4.69, 9.17) is 19.6 Å². The van der Waals surface area contributed by atoms with Crippen LogP contribution in [0.2, 0.25) is 0 Å². The van der Waals surface area contributed by atoms with Crippen molar-refractivity contribution in [3.63, 3.8) is 0 Å². The summed E-state index contributed by atoms with van der Waals surface area (Å²) >= 11 is 0. The van der Waals surface area contributed by atoms with Crippen LogP contribution in [0.15, 0.2) is 24.3 Å². The number of nitriles is 3. The highest BCUT2D eigenvalue weighted by Crippen LogP contribution is 2.69. The number of nitrogens with zero attached hydrogens (tertiary/aromatic N) is 3. The molecule has 3 aliphatic heterocycles. The van der Waals surface area contributed by atoms with Gasteiger partial charge < -0.3 is 14.2 Å². The third-order valence-corrected chi connectivity index (χ3v) is 6.23. The number of methoxy groups -OCH3 is 1. The molecule has 1 aliphatic carbocycles. The summed E-state index contributed by atoms with van der Waals surface area (Å²) in [5, 5.41) is 38.9. The highest BCUT2D eigenvalue weighted by Gasteiger charge is 2.80. The third-order valence-electron chi connectivity index (χ3n) is 6.23. The lowest BCUT2D eigenvalue weighted by Gasteiger charge is -2.63. The molecule has 3 saturated heterocycles. The molecule has 2 bridgehead atoms. The van der Waals surface area contributed by atoms with Crippen LogP contribution >= 0.6 is 0 Å². The van der Waals surface area contributed by atoms with Gasteiger partial charge in [-0.2, -0.15) is 15.8 Å². The Labute approximate surface area is 157 Å². The number of fused-ring (bicyclic) bond motifs is 2. The molecule has 0 amide bonds. The molecule has 0 unspecified atom stereocenters. The lowest BCUT2D eigenvalue weighted by Crippen LogP contribution is -2.73. The van der Waals surface area contributed by atoms with Gasteiger partial charge in [-0.15, -0.1) is 0 Å². The van der Waals surface area contributed by atoms with Gasteiger partial charge in [0, 0.05) is 6.42 Å². The molecule has 5 rings (SSSR count). The first kappa shape index (κ1) is 17.3. The monoisotopic (exact) mass is 362 g/mol. The third kappa shape index (κ3) is 1.89. The molecule has 7 heteroatoms. The van der Waals surface area contributed by atoms with Crippen LogP contribution in [-0.2, 0) is 9.47 Å². The van der Waals surface area contributed by atoms with E-state index in [0.29, 0.717) is 24.2 Å². The van der Waals surface area contributed by atoms with Crippen LogP contribution < -0.4 is 4.74 Å². The SMILES string of the molecule is COc1ccc([C@H]2O[C@]34CCCC[C@@H]3C(C#N)(C#N)[C@@]2(C#N)C(=N)O4)cc1. The molecule has 7 nitrogen and oxygen atoms in total. The van der Waals surface area contributed by atoms with Crippen LogP contribution in [0.3, 0.4) is 0 Å². The minimum atomic E-state index is -1.82. The molecule has 3 heterocycles. The van der Waals surface area contributed by atoms with E-state index in [9.17, 15) is 15.8 Å². The summed E-state index contributed by atoms with van der Waals surface area (Å²) in [6, 6.07) is 13.3. The average Bonchev–Trinajstić information content (AvgIpc) is 2.72. The molecule has 1 spiro atoms. The standard InChI is InChI=1S/C20H18N4O3/c1-25-14-7-5-13(6-8-14)16-19(12-23)17(24)27-20(26-16)9-3-2-4-15(20)18(19,10-21)11-22/h5-8,15-16,24H,2-4,9H2,1H3/t15-,16-,19-,20+/m1/s1. The zero-order valence-corrected chi connectivity index (χ0v) is 14.9. The first-order valence-electron chi connectivity index (χ1n) is 8.87. The van der Waals surface area contributed by atoms with Gasteiger partial charge in [0.15, 0.2) is 10.8 Å². The smallest absolute Gasteiger partial charge is 0.218 e. The van der Waals surface area contributed by atoms with E-state index < -0.39 is 28.6 Å². The van der Waals surface area contributed by atoms with Crippen molar-refractivity contribution in [1.82, 2.24) is 0 Å². The maximum absolute atomic E-state index is 10.2. The molecule has 27 heavy (non-hydrogen) atoms. The fourth-order valence-electron chi connectivity index (χ4n) is 4.92. The van der Waals surface area contributed by atoms with E-state index in [1.54, 1.807) is 31.4 Å². The van der Waals surface area contributed by atoms with E-state index >= 15 is 0 Å². The Bertz CT molecular complexity index is 909. The zero-order valence-electron chi connectivity index (χ0n) is 14.9. The van der Waals surface area contributed by atoms with E-state index in [2.05, 4.69) is 18.2 Å². The van der Waals surface area contributed by atoms with Crippen molar-refractivity contribution in [2.75, 3.05) is 7.11 Å². The van der Waals surface area contributed by atoms with E-state index in [-0.39, 0.29) is 5.90 Å². The number of nitrogens with one attached hydrogen (secondary N) is 1. The zero-order chi connectivity index (χ0) is 19.3. The predicted octanol–water partition coefficient (Wildman–Crippen LogP) is 3.20. The molecule has 1 aromatic rings. The topological polar surface area (TPSA) is 123 Å². The van der Waals surface area contributed by atoms with Gasteiger partial charge in [0.2, 0.25) is 11.7 Å². The quantitative estimate of drug-likeness (QED) is 0.861. The summed E-state index contributed by atoms with van der Waals surface area (Å²) in [5.41, 5.74) is -2.92. The van der Waals surface area contributed by atoms with Crippen LogP contribution in [0.25, 0.3) is 0 Å². The van der Waals surface area contributed by atoms with E-state index in [1.165, 1.54) is 0 Å². The summed E-state index contributed by atoms with van der Waals surface area (Å²) in [6.45, 7) is 0. The molecule has 0 aromatic heterocycles. The Morgan fingerprint density at radius 2 is 1.81 bits per heavy atom. The molecule has 4 fully saturated rings. The second-order valence-corrected chi connectivity index (χ2v) is 7.26. The summed E-state index contributed by atoms with van der Waals surface area (Å²) in [4.78, 5) is 0. The van der Waals surface area contributed by atoms with Crippen LogP contribution in [-0.4, -0.2) is 18.8 Å². The summed E-state index contributed by atoms with van der Waals surface area (Å²) in [6.07, 6.45) is 1.73. The molecule has 4 atom stereocenters. The van der Waals surface area contributed by atoms with Crippen LogP contribution in [0, 0.1) is 56.2 Å². The molecule has 136 valence electrons. The van der Waals surface area contributed by atoms with Gasteiger partial charge in [-0.3, -0.25) is 5.41 Å². The maximum Gasteiger partial charge on any atom is 0.218 e. The van der Waals surface area contributed by atoms with Crippen LogP contribution in [0.5, 0.6) is 5.75 Å². The van der Waals surface area contributed by atoms with Crippen LogP contribution in [0.4, 0.5) is 0 Å². The molecule has 0 radical (unpaired) electrons. The van der Waals surface area contributed by atoms with Gasteiger partial charge in [-0.05, 0) is 30.5 Å². The van der Waals surface area contributed by atoms with Crippen molar-refractivity contribution in [3.8, 4) is 24.0 Å².